The fraction of sp³-hybridized carbons (Fsp3) is 0.105. The molecule has 0 aliphatic heterocycles. The highest BCUT2D eigenvalue weighted by Gasteiger charge is 2.10. The third-order valence-corrected chi connectivity index (χ3v) is 3.51. The number of rotatable bonds is 6. The predicted octanol–water partition coefficient (Wildman–Crippen LogP) is 4.15. The molecule has 0 atom stereocenters. The van der Waals surface area contributed by atoms with Gasteiger partial charge in [0.1, 0.15) is 5.75 Å². The van der Waals surface area contributed by atoms with Gasteiger partial charge in [-0.2, -0.15) is 0 Å². The quantitative estimate of drug-likeness (QED) is 0.682. The van der Waals surface area contributed by atoms with E-state index in [0.717, 1.165) is 12.1 Å². The summed E-state index contributed by atoms with van der Waals surface area (Å²) < 4.78 is 31.5. The van der Waals surface area contributed by atoms with Gasteiger partial charge < -0.3 is 15.4 Å². The van der Waals surface area contributed by atoms with Crippen molar-refractivity contribution in [1.82, 2.24) is 10.2 Å². The molecule has 1 aromatic heterocycles. The Bertz CT molecular complexity index is 931. The third kappa shape index (κ3) is 4.75. The zero-order valence-electron chi connectivity index (χ0n) is 14.4. The fourth-order valence-corrected chi connectivity index (χ4v) is 2.24. The van der Waals surface area contributed by atoms with Crippen LogP contribution >= 0.6 is 0 Å². The van der Waals surface area contributed by atoms with E-state index in [-0.39, 0.29) is 5.69 Å². The van der Waals surface area contributed by atoms with E-state index >= 15 is 0 Å². The molecule has 0 unspecified atom stereocenters. The van der Waals surface area contributed by atoms with Gasteiger partial charge in [0.05, 0.1) is 6.61 Å². The molecular formula is C19H16F2N4O2. The first-order valence-corrected chi connectivity index (χ1v) is 8.15. The minimum atomic E-state index is -0.973. The lowest BCUT2D eigenvalue weighted by Crippen LogP contribution is -2.14. The molecule has 0 spiro atoms. The number of carbonyl (C=O) groups is 1. The van der Waals surface area contributed by atoms with Gasteiger partial charge in [0.2, 0.25) is 0 Å². The molecule has 1 heterocycles. The van der Waals surface area contributed by atoms with Crippen LogP contribution in [0.2, 0.25) is 0 Å². The van der Waals surface area contributed by atoms with E-state index in [1.165, 1.54) is 18.2 Å². The monoisotopic (exact) mass is 370 g/mol. The molecule has 138 valence electrons. The normalized spacial score (nSPS) is 10.3. The SMILES string of the molecule is CCOc1ccc(NC(=O)c2ccc(Nc3ccc(F)c(F)c3)nn2)cc1. The second-order valence-corrected chi connectivity index (χ2v) is 5.47. The van der Waals surface area contributed by atoms with Crippen LogP contribution in [0.4, 0.5) is 26.0 Å². The molecule has 6 nitrogen and oxygen atoms in total. The van der Waals surface area contributed by atoms with E-state index in [9.17, 15) is 13.6 Å². The molecule has 2 N–H and O–H groups in total. The largest absolute Gasteiger partial charge is 0.494 e. The number of benzene rings is 2. The second kappa shape index (κ2) is 8.22. The topological polar surface area (TPSA) is 76.1 Å². The Hall–Kier alpha value is -3.55. The number of nitrogens with zero attached hydrogens (tertiary/aromatic N) is 2. The first kappa shape index (κ1) is 18.2. The summed E-state index contributed by atoms with van der Waals surface area (Å²) in [5, 5.41) is 13.2. The number of halogens is 2. The van der Waals surface area contributed by atoms with Crippen LogP contribution < -0.4 is 15.4 Å². The smallest absolute Gasteiger partial charge is 0.276 e. The lowest BCUT2D eigenvalue weighted by atomic mass is 10.2. The Balaban J connectivity index is 1.63. The highest BCUT2D eigenvalue weighted by atomic mass is 19.2. The van der Waals surface area contributed by atoms with Crippen LogP contribution in [-0.4, -0.2) is 22.7 Å². The van der Waals surface area contributed by atoms with Crippen LogP contribution in [0.3, 0.4) is 0 Å². The van der Waals surface area contributed by atoms with Gasteiger partial charge in [0, 0.05) is 17.4 Å². The molecule has 1 amide bonds. The summed E-state index contributed by atoms with van der Waals surface area (Å²) in [6.45, 7) is 2.45. The Morgan fingerprint density at radius 1 is 0.963 bits per heavy atom. The molecular weight excluding hydrogens is 354 g/mol. The van der Waals surface area contributed by atoms with Crippen molar-refractivity contribution in [3.63, 3.8) is 0 Å². The molecule has 0 fully saturated rings. The number of ether oxygens (including phenoxy) is 1. The van der Waals surface area contributed by atoms with Crippen molar-refractivity contribution in [2.75, 3.05) is 17.2 Å². The summed E-state index contributed by atoms with van der Waals surface area (Å²) in [5.74, 6) is -1.33. The summed E-state index contributed by atoms with van der Waals surface area (Å²) in [6.07, 6.45) is 0. The summed E-state index contributed by atoms with van der Waals surface area (Å²) in [7, 11) is 0. The predicted molar refractivity (Wildman–Crippen MR) is 97.2 cm³/mol. The Labute approximate surface area is 154 Å². The number of amides is 1. The second-order valence-electron chi connectivity index (χ2n) is 5.47. The van der Waals surface area contributed by atoms with E-state index in [1.54, 1.807) is 24.3 Å². The third-order valence-electron chi connectivity index (χ3n) is 3.51. The van der Waals surface area contributed by atoms with Crippen molar-refractivity contribution in [3.8, 4) is 5.75 Å². The van der Waals surface area contributed by atoms with Gasteiger partial charge in [-0.05, 0) is 55.5 Å². The fourth-order valence-electron chi connectivity index (χ4n) is 2.24. The molecule has 0 aliphatic rings. The van der Waals surface area contributed by atoms with Crippen LogP contribution in [0.1, 0.15) is 17.4 Å². The number of aromatic nitrogens is 2. The summed E-state index contributed by atoms with van der Waals surface area (Å²) in [6, 6.07) is 13.3. The van der Waals surface area contributed by atoms with Gasteiger partial charge in [0.25, 0.3) is 5.91 Å². The van der Waals surface area contributed by atoms with E-state index in [0.29, 0.717) is 29.5 Å². The van der Waals surface area contributed by atoms with Crippen molar-refractivity contribution in [2.45, 2.75) is 6.92 Å². The molecule has 0 saturated carbocycles. The summed E-state index contributed by atoms with van der Waals surface area (Å²) in [4.78, 5) is 12.2. The van der Waals surface area contributed by atoms with Crippen molar-refractivity contribution in [2.24, 2.45) is 0 Å². The maximum atomic E-state index is 13.2. The van der Waals surface area contributed by atoms with Crippen LogP contribution in [-0.2, 0) is 0 Å². The lowest BCUT2D eigenvalue weighted by Gasteiger charge is -2.08. The average molecular weight is 370 g/mol. The highest BCUT2D eigenvalue weighted by Crippen LogP contribution is 2.18. The van der Waals surface area contributed by atoms with Crippen molar-refractivity contribution < 1.29 is 18.3 Å². The molecule has 3 aromatic rings. The van der Waals surface area contributed by atoms with Crippen LogP contribution in [0.25, 0.3) is 0 Å². The van der Waals surface area contributed by atoms with Crippen molar-refractivity contribution >= 4 is 23.1 Å². The Kier molecular flexibility index (Phi) is 5.55. The molecule has 3 rings (SSSR count). The van der Waals surface area contributed by atoms with E-state index in [1.807, 2.05) is 6.92 Å². The van der Waals surface area contributed by atoms with Crippen LogP contribution in [0, 0.1) is 11.6 Å². The number of anilines is 3. The van der Waals surface area contributed by atoms with Gasteiger partial charge in [-0.1, -0.05) is 0 Å². The zero-order chi connectivity index (χ0) is 19.2. The molecule has 27 heavy (non-hydrogen) atoms. The summed E-state index contributed by atoms with van der Waals surface area (Å²) >= 11 is 0. The van der Waals surface area contributed by atoms with E-state index in [4.69, 9.17) is 4.74 Å². The van der Waals surface area contributed by atoms with E-state index in [2.05, 4.69) is 20.8 Å². The lowest BCUT2D eigenvalue weighted by molar-refractivity contribution is 0.102. The number of hydrogen-bond acceptors (Lipinski definition) is 5. The van der Waals surface area contributed by atoms with Gasteiger partial charge in [-0.15, -0.1) is 10.2 Å². The molecule has 0 bridgehead atoms. The highest BCUT2D eigenvalue weighted by molar-refractivity contribution is 6.02. The van der Waals surface area contributed by atoms with Gasteiger partial charge >= 0.3 is 0 Å². The van der Waals surface area contributed by atoms with Gasteiger partial charge in [-0.3, -0.25) is 4.79 Å². The van der Waals surface area contributed by atoms with Crippen LogP contribution in [0.15, 0.2) is 54.6 Å². The number of carbonyl (C=O) groups excluding carboxylic acids is 1. The Morgan fingerprint density at radius 3 is 2.33 bits per heavy atom. The first-order chi connectivity index (χ1) is 13.0. The molecule has 8 heteroatoms. The van der Waals surface area contributed by atoms with Crippen LogP contribution in [0.5, 0.6) is 5.75 Å². The summed E-state index contributed by atoms with van der Waals surface area (Å²) in [5.41, 5.74) is 1.02. The minimum absolute atomic E-state index is 0.111. The van der Waals surface area contributed by atoms with E-state index < -0.39 is 17.5 Å². The standard InChI is InChI=1S/C19H16F2N4O2/c1-2-27-14-6-3-12(4-7-14)23-19(26)17-9-10-18(25-24-17)22-13-5-8-15(20)16(21)11-13/h3-11H,2H2,1H3,(H,22,25)(H,23,26). The van der Waals surface area contributed by atoms with Crippen molar-refractivity contribution in [1.29, 1.82) is 0 Å². The van der Waals surface area contributed by atoms with Crippen molar-refractivity contribution in [3.05, 3.63) is 71.9 Å². The maximum Gasteiger partial charge on any atom is 0.276 e. The first-order valence-electron chi connectivity index (χ1n) is 8.15. The molecule has 0 saturated heterocycles. The number of hydrogen-bond donors (Lipinski definition) is 2. The zero-order valence-corrected chi connectivity index (χ0v) is 14.4. The maximum absolute atomic E-state index is 13.2. The molecule has 0 aliphatic carbocycles. The number of nitrogens with one attached hydrogen (secondary N) is 2. The average Bonchev–Trinajstić information content (AvgIpc) is 2.67. The van der Waals surface area contributed by atoms with Gasteiger partial charge in [-0.25, -0.2) is 8.78 Å². The Morgan fingerprint density at radius 2 is 1.70 bits per heavy atom. The molecule has 2 aromatic carbocycles. The van der Waals surface area contributed by atoms with Gasteiger partial charge in [0.15, 0.2) is 23.1 Å². The molecule has 0 radical (unpaired) electrons. The minimum Gasteiger partial charge on any atom is -0.494 e.